The summed E-state index contributed by atoms with van der Waals surface area (Å²) in [5, 5.41) is 44.2. The predicted octanol–water partition coefficient (Wildman–Crippen LogP) is 4.87. The van der Waals surface area contributed by atoms with Crippen molar-refractivity contribution in [2.45, 2.75) is 185 Å². The normalized spacial score (nSPS) is 23.3. The molecule has 0 aromatic carbocycles. The van der Waals surface area contributed by atoms with Gasteiger partial charge in [-0.3, -0.25) is 9.35 Å². The van der Waals surface area contributed by atoms with Gasteiger partial charge in [0, 0.05) is 6.42 Å². The van der Waals surface area contributed by atoms with E-state index >= 15 is 0 Å². The molecule has 47 heavy (non-hydrogen) atoms. The highest BCUT2D eigenvalue weighted by Crippen LogP contribution is 2.26. The molecule has 7 unspecified atom stereocenters. The second-order valence-electron chi connectivity index (χ2n) is 12.8. The Morgan fingerprint density at radius 3 is 1.85 bits per heavy atom. The first-order valence-electron chi connectivity index (χ1n) is 18.1. The van der Waals surface area contributed by atoms with E-state index < -0.39 is 59.9 Å². The molecule has 0 aromatic heterocycles. The Balaban J connectivity index is 2.70. The zero-order valence-corrected chi connectivity index (χ0v) is 29.7. The van der Waals surface area contributed by atoms with Gasteiger partial charge < -0.3 is 35.2 Å². The lowest BCUT2D eigenvalue weighted by molar-refractivity contribution is -0.298. The second-order valence-corrected chi connectivity index (χ2v) is 13.9. The number of amides is 1. The van der Waals surface area contributed by atoms with Crippen molar-refractivity contribution in [2.24, 2.45) is 0 Å². The molecule has 1 saturated heterocycles. The van der Waals surface area contributed by atoms with Gasteiger partial charge in [-0.1, -0.05) is 129 Å². The third-order valence-electron chi connectivity index (χ3n) is 8.57. The van der Waals surface area contributed by atoms with Crippen LogP contribution >= 0.6 is 0 Å². The fraction of sp³-hybridized carbons (Fsp3) is 0.912. The SMILES string of the molecule is CCCCCCCCCC/C=C/C(O)C(COC1OC(CO)C(O)C(OS(=O)(=O)O)C1O)NC(=O)CCCCCCCCCCCC. The Kier molecular flexibility index (Phi) is 24.9. The molecule has 0 bridgehead atoms. The lowest BCUT2D eigenvalue weighted by Gasteiger charge is -2.41. The van der Waals surface area contributed by atoms with Crippen molar-refractivity contribution in [3.63, 3.8) is 0 Å². The van der Waals surface area contributed by atoms with Crippen LogP contribution in [0.25, 0.3) is 0 Å². The number of nitrogens with one attached hydrogen (secondary N) is 1. The van der Waals surface area contributed by atoms with E-state index in [1.165, 1.54) is 77.0 Å². The lowest BCUT2D eigenvalue weighted by Crippen LogP contribution is -2.61. The number of allylic oxidation sites excluding steroid dienone is 1. The van der Waals surface area contributed by atoms with Gasteiger partial charge >= 0.3 is 10.4 Å². The van der Waals surface area contributed by atoms with Crippen LogP contribution < -0.4 is 5.32 Å². The lowest BCUT2D eigenvalue weighted by atomic mass is 9.99. The van der Waals surface area contributed by atoms with E-state index in [1.54, 1.807) is 6.08 Å². The topological polar surface area (TPSA) is 192 Å². The summed E-state index contributed by atoms with van der Waals surface area (Å²) in [5.41, 5.74) is 0. The van der Waals surface area contributed by atoms with Crippen molar-refractivity contribution in [3.8, 4) is 0 Å². The Hall–Kier alpha value is -1.16. The zero-order valence-electron chi connectivity index (χ0n) is 28.8. The molecule has 1 aliphatic heterocycles. The fourth-order valence-electron chi connectivity index (χ4n) is 5.69. The highest BCUT2D eigenvalue weighted by atomic mass is 32.3. The molecule has 0 aliphatic carbocycles. The second kappa shape index (κ2) is 26.7. The minimum absolute atomic E-state index is 0.268. The van der Waals surface area contributed by atoms with E-state index in [-0.39, 0.29) is 18.9 Å². The van der Waals surface area contributed by atoms with Crippen LogP contribution in [0.5, 0.6) is 0 Å². The van der Waals surface area contributed by atoms with Crippen LogP contribution in [0, 0.1) is 0 Å². The summed E-state index contributed by atoms with van der Waals surface area (Å²) >= 11 is 0. The highest BCUT2D eigenvalue weighted by molar-refractivity contribution is 7.80. The van der Waals surface area contributed by atoms with Crippen molar-refractivity contribution in [3.05, 3.63) is 12.2 Å². The summed E-state index contributed by atoms with van der Waals surface area (Å²) in [4.78, 5) is 12.8. The van der Waals surface area contributed by atoms with Gasteiger partial charge in [0.15, 0.2) is 6.29 Å². The smallest absolute Gasteiger partial charge is 0.394 e. The van der Waals surface area contributed by atoms with Crippen LogP contribution in [0.1, 0.15) is 142 Å². The van der Waals surface area contributed by atoms with Crippen LogP contribution in [-0.2, 0) is 28.9 Å². The van der Waals surface area contributed by atoms with Crippen LogP contribution in [0.3, 0.4) is 0 Å². The van der Waals surface area contributed by atoms with Gasteiger partial charge in [0.2, 0.25) is 5.91 Å². The molecule has 1 heterocycles. The number of ether oxygens (including phenoxy) is 2. The molecule has 278 valence electrons. The van der Waals surface area contributed by atoms with Crippen LogP contribution in [0.15, 0.2) is 12.2 Å². The first-order chi connectivity index (χ1) is 22.5. The molecule has 12 nitrogen and oxygen atoms in total. The molecule has 0 aromatic rings. The maximum absolute atomic E-state index is 12.8. The third kappa shape index (κ3) is 20.8. The summed E-state index contributed by atoms with van der Waals surface area (Å²) in [6, 6.07) is -0.934. The molecule has 1 aliphatic rings. The van der Waals surface area contributed by atoms with Crippen molar-refractivity contribution in [1.82, 2.24) is 5.32 Å². The van der Waals surface area contributed by atoms with Crippen molar-refractivity contribution < 1.29 is 51.8 Å². The first-order valence-corrected chi connectivity index (χ1v) is 19.4. The first kappa shape index (κ1) is 43.9. The third-order valence-corrected chi connectivity index (χ3v) is 9.03. The van der Waals surface area contributed by atoms with Crippen molar-refractivity contribution in [2.75, 3.05) is 13.2 Å². The number of unbranched alkanes of at least 4 members (excludes halogenated alkanes) is 17. The molecule has 0 radical (unpaired) electrons. The maximum atomic E-state index is 12.8. The molecule has 1 fully saturated rings. The number of hydrogen-bond acceptors (Lipinski definition) is 10. The standard InChI is InChI=1S/C34H65NO11S/c1-3-5-7-9-11-13-15-17-19-21-23-28(37)27(35-30(38)24-22-20-18-16-14-12-10-8-6-4-2)26-44-34-32(40)33(46-47(41,42)43)31(39)29(25-36)45-34/h21,23,27-29,31-34,36-37,39-40H,3-20,22,24-26H2,1-2H3,(H,35,38)(H,41,42,43)/b23-21+. The van der Waals surface area contributed by atoms with E-state index in [4.69, 9.17) is 14.0 Å². The quantitative estimate of drug-likeness (QED) is 0.0355. The summed E-state index contributed by atoms with van der Waals surface area (Å²) < 4.78 is 47.2. The molecule has 7 atom stereocenters. The van der Waals surface area contributed by atoms with E-state index in [2.05, 4.69) is 23.3 Å². The maximum Gasteiger partial charge on any atom is 0.397 e. The molecular formula is C34H65NO11S. The summed E-state index contributed by atoms with van der Waals surface area (Å²) in [7, 11) is -5.07. The minimum Gasteiger partial charge on any atom is -0.394 e. The van der Waals surface area contributed by atoms with Gasteiger partial charge in [-0.05, 0) is 19.3 Å². The highest BCUT2D eigenvalue weighted by Gasteiger charge is 2.48. The molecule has 0 spiro atoms. The van der Waals surface area contributed by atoms with Crippen molar-refractivity contribution in [1.29, 1.82) is 0 Å². The van der Waals surface area contributed by atoms with Gasteiger partial charge in [0.1, 0.15) is 24.4 Å². The molecule has 1 amide bonds. The van der Waals surface area contributed by atoms with Gasteiger partial charge in [-0.2, -0.15) is 8.42 Å². The van der Waals surface area contributed by atoms with Crippen LogP contribution in [-0.4, -0.2) is 95.4 Å². The summed E-state index contributed by atoms with van der Waals surface area (Å²) in [5.74, 6) is -0.268. The summed E-state index contributed by atoms with van der Waals surface area (Å²) in [6.07, 6.45) is 15.6. The van der Waals surface area contributed by atoms with E-state index in [0.717, 1.165) is 38.5 Å². The Bertz CT molecular complexity index is 920. The number of carbonyl (C=O) groups excluding carboxylic acids is 1. The van der Waals surface area contributed by atoms with Gasteiger partial charge in [-0.15, -0.1) is 0 Å². The van der Waals surface area contributed by atoms with Gasteiger partial charge in [0.05, 0.1) is 25.4 Å². The van der Waals surface area contributed by atoms with E-state index in [0.29, 0.717) is 6.42 Å². The van der Waals surface area contributed by atoms with Crippen LogP contribution in [0.2, 0.25) is 0 Å². The molecule has 0 saturated carbocycles. The molecular weight excluding hydrogens is 630 g/mol. The molecule has 1 rings (SSSR count). The number of rotatable bonds is 29. The zero-order chi connectivity index (χ0) is 34.9. The van der Waals surface area contributed by atoms with E-state index in [9.17, 15) is 33.6 Å². The average molecular weight is 696 g/mol. The average Bonchev–Trinajstić information content (AvgIpc) is 3.03. The minimum atomic E-state index is -5.07. The van der Waals surface area contributed by atoms with Gasteiger partial charge in [0.25, 0.3) is 0 Å². The summed E-state index contributed by atoms with van der Waals surface area (Å²) in [6.45, 7) is 3.30. The number of aliphatic hydroxyl groups is 4. The number of carbonyl (C=O) groups is 1. The van der Waals surface area contributed by atoms with Crippen molar-refractivity contribution >= 4 is 16.3 Å². The fourth-order valence-corrected chi connectivity index (χ4v) is 6.20. The van der Waals surface area contributed by atoms with Gasteiger partial charge in [-0.25, -0.2) is 4.18 Å². The number of aliphatic hydroxyl groups excluding tert-OH is 4. The molecule has 13 heteroatoms. The monoisotopic (exact) mass is 695 g/mol. The molecule has 6 N–H and O–H groups in total. The Labute approximate surface area is 283 Å². The Morgan fingerprint density at radius 1 is 0.830 bits per heavy atom. The predicted molar refractivity (Wildman–Crippen MR) is 181 cm³/mol. The van der Waals surface area contributed by atoms with Crippen LogP contribution in [0.4, 0.5) is 0 Å². The number of hydrogen-bond donors (Lipinski definition) is 6. The van der Waals surface area contributed by atoms with E-state index in [1.807, 2.05) is 6.08 Å². The Morgan fingerprint density at radius 2 is 1.34 bits per heavy atom. The largest absolute Gasteiger partial charge is 0.397 e.